The summed E-state index contributed by atoms with van der Waals surface area (Å²) in [5, 5.41) is 0. The second kappa shape index (κ2) is 6.34. The Hall–Kier alpha value is -1.14. The van der Waals surface area contributed by atoms with Gasteiger partial charge in [-0.1, -0.05) is 0 Å². The third kappa shape index (κ3) is 3.91. The van der Waals surface area contributed by atoms with Gasteiger partial charge in [0, 0.05) is 12.1 Å². The summed E-state index contributed by atoms with van der Waals surface area (Å²) < 4.78 is 37.8. The minimum atomic E-state index is -0.412. The molecule has 0 heterocycles. The van der Waals surface area contributed by atoms with Crippen LogP contribution < -0.4 is 9.47 Å². The first-order valence-electron chi connectivity index (χ1n) is 5.22. The first-order valence-corrected chi connectivity index (χ1v) is 6.80. The largest absolute Gasteiger partial charge is 0.456 e. The lowest BCUT2D eigenvalue weighted by atomic mass is 10.3. The molecule has 100 valence electrons. The van der Waals surface area contributed by atoms with E-state index in [0.717, 1.165) is 0 Å². The quantitative estimate of drug-likeness (QED) is 0.687. The normalized spacial score (nSPS) is 10.3. The number of hydrogen-bond donors (Lipinski definition) is 0. The summed E-state index contributed by atoms with van der Waals surface area (Å²) >= 11 is 6.45. The van der Waals surface area contributed by atoms with Crippen LogP contribution in [0.3, 0.4) is 0 Å². The molecule has 0 amide bonds. The highest BCUT2D eigenvalue weighted by atomic mass is 79.9. The molecule has 0 aromatic heterocycles. The SMILES string of the molecule is Fc1ccc(Br)c(OCOc2cc(F)ccc2Br)c1. The van der Waals surface area contributed by atoms with E-state index in [0.29, 0.717) is 20.4 Å². The number of rotatable bonds is 4. The van der Waals surface area contributed by atoms with E-state index in [1.165, 1.54) is 36.4 Å². The minimum Gasteiger partial charge on any atom is -0.456 e. The van der Waals surface area contributed by atoms with Gasteiger partial charge in [-0.2, -0.15) is 0 Å². The van der Waals surface area contributed by atoms with E-state index in [9.17, 15) is 8.78 Å². The molecular weight excluding hydrogens is 386 g/mol. The Kier molecular flexibility index (Phi) is 4.76. The predicted octanol–water partition coefficient (Wildman–Crippen LogP) is 4.91. The average molecular weight is 394 g/mol. The van der Waals surface area contributed by atoms with E-state index >= 15 is 0 Å². The van der Waals surface area contributed by atoms with Crippen molar-refractivity contribution in [1.82, 2.24) is 0 Å². The molecule has 0 saturated heterocycles. The van der Waals surface area contributed by atoms with Crippen LogP contribution in [0.25, 0.3) is 0 Å². The lowest BCUT2D eigenvalue weighted by Gasteiger charge is -2.11. The van der Waals surface area contributed by atoms with Crippen molar-refractivity contribution < 1.29 is 18.3 Å². The van der Waals surface area contributed by atoms with Crippen LogP contribution in [0.2, 0.25) is 0 Å². The maximum absolute atomic E-state index is 13.0. The van der Waals surface area contributed by atoms with Crippen molar-refractivity contribution in [3.63, 3.8) is 0 Å². The molecule has 19 heavy (non-hydrogen) atoms. The van der Waals surface area contributed by atoms with Gasteiger partial charge in [-0.15, -0.1) is 0 Å². The predicted molar refractivity (Wildman–Crippen MR) is 74.3 cm³/mol. The number of halogens is 4. The summed E-state index contributed by atoms with van der Waals surface area (Å²) in [5.74, 6) is -0.199. The molecule has 0 radical (unpaired) electrons. The topological polar surface area (TPSA) is 18.5 Å². The van der Waals surface area contributed by atoms with Crippen molar-refractivity contribution in [2.75, 3.05) is 6.79 Å². The molecule has 0 N–H and O–H groups in total. The average Bonchev–Trinajstić information content (AvgIpc) is 2.38. The molecule has 6 heteroatoms. The number of benzene rings is 2. The summed E-state index contributed by atoms with van der Waals surface area (Å²) in [4.78, 5) is 0. The number of hydrogen-bond acceptors (Lipinski definition) is 2. The molecular formula is C13H8Br2F2O2. The minimum absolute atomic E-state index is 0.163. The summed E-state index contributed by atoms with van der Waals surface area (Å²) in [7, 11) is 0. The van der Waals surface area contributed by atoms with Crippen LogP contribution in [0.5, 0.6) is 11.5 Å². The molecule has 0 aliphatic heterocycles. The highest BCUT2D eigenvalue weighted by Crippen LogP contribution is 2.28. The molecule has 2 nitrogen and oxygen atoms in total. The summed E-state index contributed by atoms with van der Waals surface area (Å²) in [6, 6.07) is 8.13. The molecule has 0 saturated carbocycles. The second-order valence-electron chi connectivity index (χ2n) is 3.56. The van der Waals surface area contributed by atoms with Crippen LogP contribution in [0.1, 0.15) is 0 Å². The third-order valence-corrected chi connectivity index (χ3v) is 3.53. The van der Waals surface area contributed by atoms with Crippen molar-refractivity contribution in [3.05, 3.63) is 57.0 Å². The Morgan fingerprint density at radius 2 is 1.21 bits per heavy atom. The summed E-state index contributed by atoms with van der Waals surface area (Å²) in [6.07, 6.45) is 0. The van der Waals surface area contributed by atoms with Gasteiger partial charge in [-0.25, -0.2) is 8.78 Å². The highest BCUT2D eigenvalue weighted by Gasteiger charge is 2.05. The van der Waals surface area contributed by atoms with Gasteiger partial charge in [-0.05, 0) is 56.1 Å². The van der Waals surface area contributed by atoms with Crippen LogP contribution in [0.4, 0.5) is 8.78 Å². The molecule has 0 fully saturated rings. The van der Waals surface area contributed by atoms with E-state index in [1.54, 1.807) is 0 Å². The van der Waals surface area contributed by atoms with E-state index in [4.69, 9.17) is 9.47 Å². The molecule has 0 aliphatic rings. The van der Waals surface area contributed by atoms with Crippen LogP contribution in [-0.2, 0) is 0 Å². The molecule has 2 aromatic carbocycles. The molecule has 2 aromatic rings. The lowest BCUT2D eigenvalue weighted by molar-refractivity contribution is 0.117. The fourth-order valence-corrected chi connectivity index (χ4v) is 2.05. The standard InChI is InChI=1S/C13H8Br2F2O2/c14-10-3-1-8(16)5-12(10)18-7-19-13-6-9(17)2-4-11(13)15/h1-6H,7H2. The third-order valence-electron chi connectivity index (χ3n) is 2.22. The Bertz CT molecular complexity index is 539. The van der Waals surface area contributed by atoms with Gasteiger partial charge in [0.1, 0.15) is 23.1 Å². The van der Waals surface area contributed by atoms with Gasteiger partial charge >= 0.3 is 0 Å². The van der Waals surface area contributed by atoms with Gasteiger partial charge in [0.05, 0.1) is 8.95 Å². The van der Waals surface area contributed by atoms with E-state index in [-0.39, 0.29) is 6.79 Å². The number of ether oxygens (including phenoxy) is 2. The van der Waals surface area contributed by atoms with Crippen molar-refractivity contribution in [3.8, 4) is 11.5 Å². The molecule has 0 atom stereocenters. The molecule has 2 rings (SSSR count). The molecule has 0 spiro atoms. The molecule has 0 bridgehead atoms. The smallest absolute Gasteiger partial charge is 0.231 e. The van der Waals surface area contributed by atoms with Gasteiger partial charge in [0.2, 0.25) is 6.79 Å². The zero-order chi connectivity index (χ0) is 13.8. The molecule has 0 unspecified atom stereocenters. The van der Waals surface area contributed by atoms with Gasteiger partial charge < -0.3 is 9.47 Å². The van der Waals surface area contributed by atoms with Crippen molar-refractivity contribution in [1.29, 1.82) is 0 Å². The van der Waals surface area contributed by atoms with Crippen LogP contribution in [-0.4, -0.2) is 6.79 Å². The van der Waals surface area contributed by atoms with Crippen LogP contribution >= 0.6 is 31.9 Å². The fourth-order valence-electron chi connectivity index (χ4n) is 1.33. The van der Waals surface area contributed by atoms with E-state index < -0.39 is 11.6 Å². The van der Waals surface area contributed by atoms with Crippen molar-refractivity contribution >= 4 is 31.9 Å². The van der Waals surface area contributed by atoms with Crippen LogP contribution in [0.15, 0.2) is 45.3 Å². The van der Waals surface area contributed by atoms with Crippen molar-refractivity contribution in [2.24, 2.45) is 0 Å². The van der Waals surface area contributed by atoms with E-state index in [2.05, 4.69) is 31.9 Å². The maximum atomic E-state index is 13.0. The summed E-state index contributed by atoms with van der Waals surface area (Å²) in [5.41, 5.74) is 0. The lowest BCUT2D eigenvalue weighted by Crippen LogP contribution is -2.06. The Balaban J connectivity index is 2.00. The Labute approximate surface area is 125 Å². The molecule has 0 aliphatic carbocycles. The zero-order valence-electron chi connectivity index (χ0n) is 9.50. The van der Waals surface area contributed by atoms with E-state index in [1.807, 2.05) is 0 Å². The van der Waals surface area contributed by atoms with Gasteiger partial charge in [0.15, 0.2) is 0 Å². The van der Waals surface area contributed by atoms with Gasteiger partial charge in [0.25, 0.3) is 0 Å². The zero-order valence-corrected chi connectivity index (χ0v) is 12.7. The van der Waals surface area contributed by atoms with Crippen LogP contribution in [0, 0.1) is 11.6 Å². The first kappa shape index (κ1) is 14.3. The monoisotopic (exact) mass is 392 g/mol. The Morgan fingerprint density at radius 1 is 0.789 bits per heavy atom. The Morgan fingerprint density at radius 3 is 1.63 bits per heavy atom. The van der Waals surface area contributed by atoms with Gasteiger partial charge in [-0.3, -0.25) is 0 Å². The first-order chi connectivity index (χ1) is 9.06. The highest BCUT2D eigenvalue weighted by molar-refractivity contribution is 9.10. The maximum Gasteiger partial charge on any atom is 0.231 e. The van der Waals surface area contributed by atoms with Crippen molar-refractivity contribution in [2.45, 2.75) is 0 Å². The summed E-state index contributed by atoms with van der Waals surface area (Å²) in [6.45, 7) is -0.163. The second-order valence-corrected chi connectivity index (χ2v) is 5.26. The fraction of sp³-hybridized carbons (Fsp3) is 0.0769.